The van der Waals surface area contributed by atoms with Crippen LogP contribution in [0.2, 0.25) is 0 Å². The normalized spacial score (nSPS) is 18.6. The number of carbonyl (C=O) groups is 1. The van der Waals surface area contributed by atoms with Crippen LogP contribution in [0.3, 0.4) is 0 Å². The molecule has 0 aliphatic carbocycles. The van der Waals surface area contributed by atoms with Crippen molar-refractivity contribution in [1.82, 2.24) is 10.2 Å². The molecule has 0 bridgehead atoms. The molecule has 1 unspecified atom stereocenters. The average Bonchev–Trinajstić information content (AvgIpc) is 2.40. The zero-order valence-corrected chi connectivity index (χ0v) is 10.2. The quantitative estimate of drug-likeness (QED) is 0.753. The van der Waals surface area contributed by atoms with Crippen LogP contribution < -0.4 is 11.1 Å². The first-order valence-corrected chi connectivity index (χ1v) is 6.15. The minimum Gasteiger partial charge on any atom is -0.320 e. The van der Waals surface area contributed by atoms with Crippen molar-refractivity contribution in [3.05, 3.63) is 35.6 Å². The maximum absolute atomic E-state index is 12.8. The molecule has 1 aliphatic heterocycles. The van der Waals surface area contributed by atoms with E-state index in [0.29, 0.717) is 12.1 Å². The van der Waals surface area contributed by atoms with Crippen LogP contribution in [-0.2, 0) is 0 Å². The third-order valence-corrected chi connectivity index (χ3v) is 3.13. The Morgan fingerprint density at radius 3 is 2.56 bits per heavy atom. The molecule has 1 aromatic carbocycles. The van der Waals surface area contributed by atoms with Gasteiger partial charge in [0.25, 0.3) is 0 Å². The highest BCUT2D eigenvalue weighted by atomic mass is 19.1. The van der Waals surface area contributed by atoms with Crippen LogP contribution in [0.1, 0.15) is 10.4 Å². The number of Topliss-reactive ketones (excluding diaryl/α,β-unsaturated/α-hetero) is 1. The molecule has 1 atom stereocenters. The summed E-state index contributed by atoms with van der Waals surface area (Å²) in [5.41, 5.74) is 6.38. The highest BCUT2D eigenvalue weighted by Crippen LogP contribution is 2.06. The second-order valence-electron chi connectivity index (χ2n) is 4.53. The van der Waals surface area contributed by atoms with Crippen molar-refractivity contribution in [2.75, 3.05) is 32.7 Å². The molecule has 1 aromatic rings. The van der Waals surface area contributed by atoms with Crippen LogP contribution in [0.25, 0.3) is 0 Å². The Kier molecular flexibility index (Phi) is 4.41. The number of nitrogens with one attached hydrogen (secondary N) is 1. The Balaban J connectivity index is 1.93. The summed E-state index contributed by atoms with van der Waals surface area (Å²) in [5.74, 6) is -0.476. The average molecular weight is 251 g/mol. The van der Waals surface area contributed by atoms with Crippen molar-refractivity contribution >= 4 is 5.78 Å². The van der Waals surface area contributed by atoms with E-state index < -0.39 is 6.04 Å². The van der Waals surface area contributed by atoms with E-state index >= 15 is 0 Å². The zero-order chi connectivity index (χ0) is 13.0. The van der Waals surface area contributed by atoms with Gasteiger partial charge in [-0.05, 0) is 24.3 Å². The first-order valence-electron chi connectivity index (χ1n) is 6.15. The van der Waals surface area contributed by atoms with Crippen LogP contribution >= 0.6 is 0 Å². The largest absolute Gasteiger partial charge is 0.320 e. The highest BCUT2D eigenvalue weighted by molar-refractivity contribution is 6.00. The molecule has 18 heavy (non-hydrogen) atoms. The van der Waals surface area contributed by atoms with Crippen molar-refractivity contribution in [1.29, 1.82) is 0 Å². The molecular formula is C13H18FN3O. The smallest absolute Gasteiger partial charge is 0.180 e. The van der Waals surface area contributed by atoms with Gasteiger partial charge in [-0.3, -0.25) is 9.69 Å². The summed E-state index contributed by atoms with van der Waals surface area (Å²) in [7, 11) is 0. The van der Waals surface area contributed by atoms with E-state index in [-0.39, 0.29) is 11.6 Å². The van der Waals surface area contributed by atoms with Crippen LogP contribution in [0.5, 0.6) is 0 Å². The number of hydrogen-bond acceptors (Lipinski definition) is 4. The monoisotopic (exact) mass is 251 g/mol. The van der Waals surface area contributed by atoms with Crippen molar-refractivity contribution < 1.29 is 9.18 Å². The Labute approximate surface area is 106 Å². The van der Waals surface area contributed by atoms with Crippen LogP contribution in [0.15, 0.2) is 24.3 Å². The number of piperazine rings is 1. The fourth-order valence-electron chi connectivity index (χ4n) is 2.08. The van der Waals surface area contributed by atoms with Gasteiger partial charge in [-0.1, -0.05) is 0 Å². The number of benzene rings is 1. The van der Waals surface area contributed by atoms with E-state index in [1.54, 1.807) is 0 Å². The molecule has 2 rings (SSSR count). The molecule has 1 saturated heterocycles. The molecule has 5 heteroatoms. The van der Waals surface area contributed by atoms with Gasteiger partial charge < -0.3 is 11.1 Å². The molecule has 98 valence electrons. The van der Waals surface area contributed by atoms with Gasteiger partial charge in [0, 0.05) is 38.3 Å². The van der Waals surface area contributed by atoms with Crippen molar-refractivity contribution in [3.8, 4) is 0 Å². The van der Waals surface area contributed by atoms with E-state index in [1.165, 1.54) is 24.3 Å². The molecule has 1 heterocycles. The minimum atomic E-state index is -0.548. The number of nitrogens with two attached hydrogens (primary N) is 1. The van der Waals surface area contributed by atoms with Crippen LogP contribution in [0.4, 0.5) is 4.39 Å². The van der Waals surface area contributed by atoms with Gasteiger partial charge in [-0.2, -0.15) is 0 Å². The molecule has 1 aliphatic rings. The second-order valence-corrected chi connectivity index (χ2v) is 4.53. The maximum atomic E-state index is 12.8. The van der Waals surface area contributed by atoms with E-state index in [9.17, 15) is 9.18 Å². The highest BCUT2D eigenvalue weighted by Gasteiger charge is 2.20. The van der Waals surface area contributed by atoms with E-state index in [0.717, 1.165) is 26.2 Å². The number of carbonyl (C=O) groups excluding carboxylic acids is 1. The van der Waals surface area contributed by atoms with Crippen molar-refractivity contribution in [2.45, 2.75) is 6.04 Å². The van der Waals surface area contributed by atoms with E-state index in [2.05, 4.69) is 10.2 Å². The summed E-state index contributed by atoms with van der Waals surface area (Å²) in [5, 5.41) is 3.25. The predicted octanol–water partition coefficient (Wildman–Crippen LogP) is 0.241. The fraction of sp³-hybridized carbons (Fsp3) is 0.462. The summed E-state index contributed by atoms with van der Waals surface area (Å²) in [6, 6.07) is 4.98. The summed E-state index contributed by atoms with van der Waals surface area (Å²) in [4.78, 5) is 14.2. The lowest BCUT2D eigenvalue weighted by molar-refractivity contribution is 0.0931. The van der Waals surface area contributed by atoms with Gasteiger partial charge in [0.2, 0.25) is 0 Å². The molecule has 0 saturated carbocycles. The molecule has 0 spiro atoms. The minimum absolute atomic E-state index is 0.131. The molecule has 4 nitrogen and oxygen atoms in total. The number of nitrogens with zero attached hydrogens (tertiary/aromatic N) is 1. The predicted molar refractivity (Wildman–Crippen MR) is 68.0 cm³/mol. The first-order chi connectivity index (χ1) is 8.66. The molecule has 0 aromatic heterocycles. The molecule has 3 N–H and O–H groups in total. The van der Waals surface area contributed by atoms with E-state index in [1.807, 2.05) is 0 Å². The topological polar surface area (TPSA) is 58.4 Å². The molecular weight excluding hydrogens is 233 g/mol. The Bertz CT molecular complexity index is 401. The summed E-state index contributed by atoms with van der Waals surface area (Å²) < 4.78 is 12.8. The maximum Gasteiger partial charge on any atom is 0.180 e. The number of halogens is 1. The molecule has 0 amide bonds. The van der Waals surface area contributed by atoms with E-state index in [4.69, 9.17) is 5.73 Å². The lowest BCUT2D eigenvalue weighted by Gasteiger charge is -2.29. The van der Waals surface area contributed by atoms with Gasteiger partial charge >= 0.3 is 0 Å². The van der Waals surface area contributed by atoms with Crippen molar-refractivity contribution in [2.24, 2.45) is 5.73 Å². The summed E-state index contributed by atoms with van der Waals surface area (Å²) in [6.45, 7) is 4.22. The van der Waals surface area contributed by atoms with Gasteiger partial charge in [-0.15, -0.1) is 0 Å². The Hall–Kier alpha value is -1.30. The standard InChI is InChI=1S/C13H18FN3O/c14-11-3-1-10(2-4-11)13(18)12(15)9-17-7-5-16-6-8-17/h1-4,12,16H,5-9,15H2. The third kappa shape index (κ3) is 3.35. The number of rotatable bonds is 4. The van der Waals surface area contributed by atoms with Crippen LogP contribution in [-0.4, -0.2) is 49.4 Å². The summed E-state index contributed by atoms with van der Waals surface area (Å²) >= 11 is 0. The van der Waals surface area contributed by atoms with Crippen LogP contribution in [0, 0.1) is 5.82 Å². The first kappa shape index (κ1) is 13.1. The lowest BCUT2D eigenvalue weighted by Crippen LogP contribution is -2.50. The second kappa shape index (κ2) is 6.04. The molecule has 0 radical (unpaired) electrons. The third-order valence-electron chi connectivity index (χ3n) is 3.13. The number of hydrogen-bond donors (Lipinski definition) is 2. The van der Waals surface area contributed by atoms with Gasteiger partial charge in [-0.25, -0.2) is 4.39 Å². The van der Waals surface area contributed by atoms with Gasteiger partial charge in [0.15, 0.2) is 5.78 Å². The fourth-order valence-corrected chi connectivity index (χ4v) is 2.08. The Morgan fingerprint density at radius 1 is 1.33 bits per heavy atom. The lowest BCUT2D eigenvalue weighted by atomic mass is 10.0. The van der Waals surface area contributed by atoms with Gasteiger partial charge in [0.05, 0.1) is 6.04 Å². The van der Waals surface area contributed by atoms with Gasteiger partial charge in [0.1, 0.15) is 5.82 Å². The van der Waals surface area contributed by atoms with Crippen molar-refractivity contribution in [3.63, 3.8) is 0 Å². The summed E-state index contributed by atoms with van der Waals surface area (Å²) in [6.07, 6.45) is 0. The molecule has 1 fully saturated rings. The SMILES string of the molecule is NC(CN1CCNCC1)C(=O)c1ccc(F)cc1. The zero-order valence-electron chi connectivity index (χ0n) is 10.2. The number of ketones is 1. The Morgan fingerprint density at radius 2 is 1.94 bits per heavy atom.